The Balaban J connectivity index is 1.65. The second kappa shape index (κ2) is 6.63. The first-order valence-corrected chi connectivity index (χ1v) is 9.91. The van der Waals surface area contributed by atoms with E-state index >= 15 is 0 Å². The predicted octanol–water partition coefficient (Wildman–Crippen LogP) is 6.63. The van der Waals surface area contributed by atoms with Crippen LogP contribution in [-0.2, 0) is 5.41 Å². The summed E-state index contributed by atoms with van der Waals surface area (Å²) in [7, 11) is 0. The number of pyridine rings is 1. The van der Waals surface area contributed by atoms with Gasteiger partial charge in [-0.25, -0.2) is 4.98 Å². The summed E-state index contributed by atoms with van der Waals surface area (Å²) in [5.74, 6) is 0. The molecule has 1 heterocycles. The van der Waals surface area contributed by atoms with Crippen LogP contribution in [0.1, 0.15) is 25.0 Å². The van der Waals surface area contributed by atoms with Crippen molar-refractivity contribution in [1.29, 1.82) is 0 Å². The lowest BCUT2D eigenvalue weighted by molar-refractivity contribution is -0.384. The van der Waals surface area contributed by atoms with E-state index in [4.69, 9.17) is 0 Å². The number of hydrogen-bond donors (Lipinski definition) is 0. The van der Waals surface area contributed by atoms with E-state index in [9.17, 15) is 10.1 Å². The van der Waals surface area contributed by atoms with E-state index in [0.29, 0.717) is 5.69 Å². The van der Waals surface area contributed by atoms with Gasteiger partial charge in [0.15, 0.2) is 0 Å². The quantitative estimate of drug-likeness (QED) is 0.290. The number of aromatic nitrogens is 1. The van der Waals surface area contributed by atoms with Crippen LogP contribution >= 0.6 is 0 Å². The Morgan fingerprint density at radius 2 is 1.40 bits per heavy atom. The fraction of sp³-hybridized carbons (Fsp3) is 0.115. The van der Waals surface area contributed by atoms with Gasteiger partial charge in [0.2, 0.25) is 0 Å². The smallest absolute Gasteiger partial charge is 0.258 e. The summed E-state index contributed by atoms with van der Waals surface area (Å²) in [6, 6.07) is 26.2. The molecule has 0 amide bonds. The van der Waals surface area contributed by atoms with Crippen molar-refractivity contribution in [1.82, 2.24) is 4.98 Å². The second-order valence-corrected chi connectivity index (χ2v) is 8.14. The summed E-state index contributed by atoms with van der Waals surface area (Å²) >= 11 is 0. The maximum Gasteiger partial charge on any atom is 0.295 e. The van der Waals surface area contributed by atoms with Gasteiger partial charge in [-0.05, 0) is 51.6 Å². The second-order valence-electron chi connectivity index (χ2n) is 8.14. The van der Waals surface area contributed by atoms with Gasteiger partial charge in [0, 0.05) is 23.2 Å². The number of fused-ring (bicyclic) bond motifs is 3. The zero-order valence-corrected chi connectivity index (χ0v) is 16.8. The van der Waals surface area contributed by atoms with E-state index in [1.807, 2.05) is 12.1 Å². The lowest BCUT2D eigenvalue weighted by Crippen LogP contribution is -2.15. The van der Waals surface area contributed by atoms with Crippen molar-refractivity contribution in [3.8, 4) is 33.5 Å². The molecule has 0 N–H and O–H groups in total. The van der Waals surface area contributed by atoms with Gasteiger partial charge in [-0.15, -0.1) is 0 Å². The monoisotopic (exact) mass is 392 g/mol. The first-order valence-electron chi connectivity index (χ1n) is 9.91. The average molecular weight is 392 g/mol. The van der Waals surface area contributed by atoms with Crippen molar-refractivity contribution >= 4 is 5.69 Å². The topological polar surface area (TPSA) is 56.0 Å². The fourth-order valence-corrected chi connectivity index (χ4v) is 4.46. The van der Waals surface area contributed by atoms with Crippen molar-refractivity contribution in [3.05, 3.63) is 106 Å². The molecule has 0 atom stereocenters. The zero-order valence-electron chi connectivity index (χ0n) is 16.8. The molecule has 0 unspecified atom stereocenters. The highest BCUT2D eigenvalue weighted by atomic mass is 16.6. The molecule has 5 rings (SSSR count). The van der Waals surface area contributed by atoms with Gasteiger partial charge in [-0.1, -0.05) is 68.4 Å². The van der Waals surface area contributed by atoms with Crippen LogP contribution in [0.5, 0.6) is 0 Å². The lowest BCUT2D eigenvalue weighted by Gasteiger charge is -2.22. The van der Waals surface area contributed by atoms with E-state index in [-0.39, 0.29) is 16.0 Å². The molecule has 0 saturated carbocycles. The molecular formula is C26H20N2O2. The molecule has 0 aliphatic heterocycles. The standard InChI is InChI=1S/C26H20N2O2/c1-26(2)22-15-18(17-7-4-3-5-8-17)10-12-20(22)21-13-11-19(16-23(21)26)25-24(28(29)30)9-6-14-27-25/h3-16H,1-2H3. The molecule has 4 aromatic rings. The Kier molecular flexibility index (Phi) is 4.03. The Hall–Kier alpha value is -3.79. The third-order valence-electron chi connectivity index (χ3n) is 6.04. The van der Waals surface area contributed by atoms with Crippen molar-refractivity contribution in [2.24, 2.45) is 0 Å². The highest BCUT2D eigenvalue weighted by molar-refractivity contribution is 5.86. The lowest BCUT2D eigenvalue weighted by atomic mass is 9.81. The van der Waals surface area contributed by atoms with Crippen molar-refractivity contribution in [3.63, 3.8) is 0 Å². The van der Waals surface area contributed by atoms with E-state index < -0.39 is 0 Å². The van der Waals surface area contributed by atoms with Crippen LogP contribution < -0.4 is 0 Å². The summed E-state index contributed by atoms with van der Waals surface area (Å²) < 4.78 is 0. The largest absolute Gasteiger partial charge is 0.295 e. The molecule has 0 saturated heterocycles. The number of rotatable bonds is 3. The van der Waals surface area contributed by atoms with Gasteiger partial charge in [0.1, 0.15) is 5.69 Å². The summed E-state index contributed by atoms with van der Waals surface area (Å²) in [5, 5.41) is 11.5. The van der Waals surface area contributed by atoms with Crippen LogP contribution in [0.4, 0.5) is 5.69 Å². The third kappa shape index (κ3) is 2.72. The van der Waals surface area contributed by atoms with Crippen LogP contribution in [0.15, 0.2) is 85.1 Å². The van der Waals surface area contributed by atoms with Gasteiger partial charge >= 0.3 is 0 Å². The summed E-state index contributed by atoms with van der Waals surface area (Å²) in [6.07, 6.45) is 1.60. The van der Waals surface area contributed by atoms with E-state index in [0.717, 1.165) is 5.56 Å². The van der Waals surface area contributed by atoms with Gasteiger partial charge in [-0.3, -0.25) is 10.1 Å². The Bertz CT molecular complexity index is 1290. The van der Waals surface area contributed by atoms with Crippen LogP contribution in [0.3, 0.4) is 0 Å². The number of benzene rings is 3. The number of nitrogens with zero attached hydrogens (tertiary/aromatic N) is 2. The summed E-state index contributed by atoms with van der Waals surface area (Å²) in [5.41, 5.74) is 8.20. The molecule has 3 aromatic carbocycles. The Morgan fingerprint density at radius 3 is 2.07 bits per heavy atom. The van der Waals surface area contributed by atoms with Crippen LogP contribution in [0, 0.1) is 10.1 Å². The predicted molar refractivity (Wildman–Crippen MR) is 119 cm³/mol. The highest BCUT2D eigenvalue weighted by Gasteiger charge is 2.36. The minimum absolute atomic E-state index is 0.0251. The van der Waals surface area contributed by atoms with Crippen LogP contribution in [0.25, 0.3) is 33.5 Å². The molecule has 0 fully saturated rings. The maximum atomic E-state index is 11.5. The molecule has 146 valence electrons. The first-order chi connectivity index (χ1) is 14.5. The summed E-state index contributed by atoms with van der Waals surface area (Å²) in [4.78, 5) is 15.4. The van der Waals surface area contributed by atoms with Gasteiger partial charge in [0.05, 0.1) is 4.92 Å². The molecule has 4 heteroatoms. The van der Waals surface area contributed by atoms with E-state index in [1.165, 1.54) is 39.4 Å². The van der Waals surface area contributed by atoms with Crippen molar-refractivity contribution in [2.45, 2.75) is 19.3 Å². The minimum Gasteiger partial charge on any atom is -0.258 e. The molecule has 0 bridgehead atoms. The minimum atomic E-state index is -0.373. The molecule has 4 nitrogen and oxygen atoms in total. The average Bonchev–Trinajstić information content (AvgIpc) is 3.00. The van der Waals surface area contributed by atoms with Crippen molar-refractivity contribution < 1.29 is 4.92 Å². The van der Waals surface area contributed by atoms with Crippen LogP contribution in [0.2, 0.25) is 0 Å². The maximum absolute atomic E-state index is 11.5. The van der Waals surface area contributed by atoms with Crippen LogP contribution in [-0.4, -0.2) is 9.91 Å². The molecule has 0 radical (unpaired) electrons. The third-order valence-corrected chi connectivity index (χ3v) is 6.04. The van der Waals surface area contributed by atoms with Gasteiger partial charge in [-0.2, -0.15) is 0 Å². The molecule has 30 heavy (non-hydrogen) atoms. The van der Waals surface area contributed by atoms with Gasteiger partial charge < -0.3 is 0 Å². The van der Waals surface area contributed by atoms with E-state index in [1.54, 1.807) is 12.3 Å². The zero-order chi connectivity index (χ0) is 20.9. The fourth-order valence-electron chi connectivity index (χ4n) is 4.46. The molecule has 1 aromatic heterocycles. The molecule has 1 aliphatic rings. The Labute approximate surface area is 175 Å². The molecule has 1 aliphatic carbocycles. The number of hydrogen-bond acceptors (Lipinski definition) is 3. The molecule has 0 spiro atoms. The SMILES string of the molecule is CC1(C)c2cc(-c3ccccc3)ccc2-c2ccc(-c3ncccc3[N+](=O)[O-])cc21. The highest BCUT2D eigenvalue weighted by Crippen LogP contribution is 2.50. The normalized spacial score (nSPS) is 13.5. The Morgan fingerprint density at radius 1 is 0.767 bits per heavy atom. The molecular weight excluding hydrogens is 372 g/mol. The summed E-state index contributed by atoms with van der Waals surface area (Å²) in [6.45, 7) is 4.42. The van der Waals surface area contributed by atoms with Crippen molar-refractivity contribution in [2.75, 3.05) is 0 Å². The van der Waals surface area contributed by atoms with Gasteiger partial charge in [0.25, 0.3) is 5.69 Å². The van der Waals surface area contributed by atoms with E-state index in [2.05, 4.69) is 73.4 Å². The first kappa shape index (κ1) is 18.3. The number of nitro groups is 1.